The lowest BCUT2D eigenvalue weighted by molar-refractivity contribution is -0.118. The summed E-state index contributed by atoms with van der Waals surface area (Å²) in [7, 11) is 1.56. The van der Waals surface area contributed by atoms with Gasteiger partial charge >= 0.3 is 0 Å². The first kappa shape index (κ1) is 22.7. The second-order valence-electron chi connectivity index (χ2n) is 7.49. The van der Waals surface area contributed by atoms with Gasteiger partial charge in [0, 0.05) is 11.1 Å². The van der Waals surface area contributed by atoms with Gasteiger partial charge in [0.05, 0.1) is 12.8 Å². The van der Waals surface area contributed by atoms with Crippen molar-refractivity contribution in [2.24, 2.45) is 0 Å². The number of carbonyl (C=O) groups is 2. The molecule has 1 heterocycles. The Morgan fingerprint density at radius 3 is 2.38 bits per heavy atom. The highest BCUT2D eigenvalue weighted by molar-refractivity contribution is 5.96. The molecular weight excluding hydrogens is 434 g/mol. The standard InChI is InChI=1S/C25H23N5O4/c1-17-7-11-20(12-8-17)34-16-24(32)26-22-6-4-3-5-21(22)25-27-29-30(28-25)15-23(31)18-9-13-19(33-2)14-10-18/h3-14H,15-16H2,1-2H3,(H,26,32). The van der Waals surface area contributed by atoms with E-state index in [1.165, 1.54) is 4.80 Å². The van der Waals surface area contributed by atoms with Gasteiger partial charge in [-0.15, -0.1) is 10.2 Å². The van der Waals surface area contributed by atoms with Crippen LogP contribution in [0.25, 0.3) is 11.4 Å². The normalized spacial score (nSPS) is 10.5. The molecule has 0 saturated carbocycles. The van der Waals surface area contributed by atoms with Crippen molar-refractivity contribution in [1.82, 2.24) is 20.2 Å². The highest BCUT2D eigenvalue weighted by Gasteiger charge is 2.15. The molecule has 0 spiro atoms. The molecule has 0 aliphatic rings. The number of hydrogen-bond acceptors (Lipinski definition) is 7. The first-order valence-corrected chi connectivity index (χ1v) is 10.6. The summed E-state index contributed by atoms with van der Waals surface area (Å²) in [5.41, 5.74) is 2.72. The SMILES string of the molecule is COc1ccc(C(=O)Cn2nnc(-c3ccccc3NC(=O)COc3ccc(C)cc3)n2)cc1. The van der Waals surface area contributed by atoms with Crippen molar-refractivity contribution >= 4 is 17.4 Å². The van der Waals surface area contributed by atoms with E-state index in [0.29, 0.717) is 28.3 Å². The lowest BCUT2D eigenvalue weighted by atomic mass is 10.1. The first-order chi connectivity index (χ1) is 16.5. The molecule has 0 atom stereocenters. The summed E-state index contributed by atoms with van der Waals surface area (Å²) < 4.78 is 10.7. The fourth-order valence-electron chi connectivity index (χ4n) is 3.17. The number of para-hydroxylation sites is 1. The molecule has 0 aliphatic carbocycles. The number of carbonyl (C=O) groups excluding carboxylic acids is 2. The first-order valence-electron chi connectivity index (χ1n) is 10.6. The van der Waals surface area contributed by atoms with Gasteiger partial charge in [0.15, 0.2) is 12.4 Å². The third-order valence-corrected chi connectivity index (χ3v) is 4.98. The maximum atomic E-state index is 12.5. The van der Waals surface area contributed by atoms with E-state index in [1.54, 1.807) is 55.6 Å². The van der Waals surface area contributed by atoms with Gasteiger partial charge in [-0.1, -0.05) is 29.8 Å². The van der Waals surface area contributed by atoms with Crippen LogP contribution in [0.2, 0.25) is 0 Å². The molecule has 172 valence electrons. The summed E-state index contributed by atoms with van der Waals surface area (Å²) in [5, 5.41) is 15.2. The van der Waals surface area contributed by atoms with Crippen molar-refractivity contribution in [3.63, 3.8) is 0 Å². The van der Waals surface area contributed by atoms with Crippen LogP contribution < -0.4 is 14.8 Å². The molecule has 4 aromatic rings. The lowest BCUT2D eigenvalue weighted by Crippen LogP contribution is -2.20. The van der Waals surface area contributed by atoms with Crippen LogP contribution in [-0.2, 0) is 11.3 Å². The van der Waals surface area contributed by atoms with Crippen LogP contribution in [-0.4, -0.2) is 45.6 Å². The number of tetrazole rings is 1. The molecule has 0 unspecified atom stereocenters. The minimum Gasteiger partial charge on any atom is -0.497 e. The predicted octanol–water partition coefficient (Wildman–Crippen LogP) is 3.56. The number of aryl methyl sites for hydroxylation is 1. The highest BCUT2D eigenvalue weighted by Crippen LogP contribution is 2.24. The second kappa shape index (κ2) is 10.4. The molecule has 34 heavy (non-hydrogen) atoms. The Morgan fingerprint density at radius 2 is 1.65 bits per heavy atom. The smallest absolute Gasteiger partial charge is 0.262 e. The molecule has 9 nitrogen and oxygen atoms in total. The molecule has 1 N–H and O–H groups in total. The number of benzene rings is 3. The second-order valence-corrected chi connectivity index (χ2v) is 7.49. The molecular formula is C25H23N5O4. The Kier molecular flexibility index (Phi) is 6.92. The van der Waals surface area contributed by atoms with E-state index in [4.69, 9.17) is 9.47 Å². The topological polar surface area (TPSA) is 108 Å². The molecule has 0 radical (unpaired) electrons. The van der Waals surface area contributed by atoms with Gasteiger partial charge < -0.3 is 14.8 Å². The van der Waals surface area contributed by atoms with Crippen LogP contribution in [0.15, 0.2) is 72.8 Å². The van der Waals surface area contributed by atoms with Crippen LogP contribution in [0.3, 0.4) is 0 Å². The van der Waals surface area contributed by atoms with Crippen molar-refractivity contribution in [2.45, 2.75) is 13.5 Å². The Balaban J connectivity index is 1.41. The summed E-state index contributed by atoms with van der Waals surface area (Å²) in [6.07, 6.45) is 0. The van der Waals surface area contributed by atoms with Gasteiger partial charge in [-0.05, 0) is 60.7 Å². The van der Waals surface area contributed by atoms with Crippen LogP contribution in [0, 0.1) is 6.92 Å². The monoisotopic (exact) mass is 457 g/mol. The van der Waals surface area contributed by atoms with Crippen molar-refractivity contribution in [3.8, 4) is 22.9 Å². The van der Waals surface area contributed by atoms with E-state index in [9.17, 15) is 9.59 Å². The van der Waals surface area contributed by atoms with Crippen LogP contribution in [0.4, 0.5) is 5.69 Å². The van der Waals surface area contributed by atoms with Crippen molar-refractivity contribution in [2.75, 3.05) is 19.0 Å². The average Bonchev–Trinajstić information content (AvgIpc) is 3.32. The number of aromatic nitrogens is 4. The molecule has 0 aliphatic heterocycles. The van der Waals surface area contributed by atoms with Crippen LogP contribution in [0.5, 0.6) is 11.5 Å². The summed E-state index contributed by atoms with van der Waals surface area (Å²) in [6, 6.07) is 21.3. The molecule has 1 amide bonds. The van der Waals surface area contributed by atoms with Crippen LogP contribution >= 0.6 is 0 Å². The van der Waals surface area contributed by atoms with Crippen molar-refractivity contribution in [3.05, 3.63) is 83.9 Å². The maximum Gasteiger partial charge on any atom is 0.262 e. The third kappa shape index (κ3) is 5.63. The molecule has 0 bridgehead atoms. The Bertz CT molecular complexity index is 1280. The zero-order chi connectivity index (χ0) is 23.9. The molecule has 3 aromatic carbocycles. The predicted molar refractivity (Wildman–Crippen MR) is 126 cm³/mol. The average molecular weight is 457 g/mol. The summed E-state index contributed by atoms with van der Waals surface area (Å²) in [5.74, 6) is 1.08. The van der Waals surface area contributed by atoms with E-state index in [0.717, 1.165) is 5.56 Å². The lowest BCUT2D eigenvalue weighted by Gasteiger charge is -2.10. The van der Waals surface area contributed by atoms with Crippen molar-refractivity contribution < 1.29 is 19.1 Å². The fourth-order valence-corrected chi connectivity index (χ4v) is 3.17. The molecule has 0 fully saturated rings. The number of rotatable bonds is 9. The van der Waals surface area contributed by atoms with Gasteiger partial charge in [0.25, 0.3) is 5.91 Å². The van der Waals surface area contributed by atoms with Gasteiger partial charge in [0.1, 0.15) is 18.0 Å². The molecule has 4 rings (SSSR count). The number of nitrogens with zero attached hydrogens (tertiary/aromatic N) is 4. The summed E-state index contributed by atoms with van der Waals surface area (Å²) in [4.78, 5) is 26.2. The maximum absolute atomic E-state index is 12.5. The minimum atomic E-state index is -0.324. The number of Topliss-reactive ketones (excluding diaryl/α,β-unsaturated/α-hetero) is 1. The van der Waals surface area contributed by atoms with E-state index in [1.807, 2.05) is 31.2 Å². The minimum absolute atomic E-state index is 0.0712. The Labute approximate surface area is 196 Å². The number of ketones is 1. The quantitative estimate of drug-likeness (QED) is 0.383. The van der Waals surface area contributed by atoms with E-state index < -0.39 is 0 Å². The number of methoxy groups -OCH3 is 1. The van der Waals surface area contributed by atoms with Gasteiger partial charge in [-0.25, -0.2) is 0 Å². The zero-order valence-corrected chi connectivity index (χ0v) is 18.8. The fraction of sp³-hybridized carbons (Fsp3) is 0.160. The van der Waals surface area contributed by atoms with Crippen molar-refractivity contribution in [1.29, 1.82) is 0 Å². The molecule has 0 saturated heterocycles. The van der Waals surface area contributed by atoms with Gasteiger partial charge in [0.2, 0.25) is 5.82 Å². The molecule has 9 heteroatoms. The Morgan fingerprint density at radius 1 is 0.941 bits per heavy atom. The van der Waals surface area contributed by atoms with E-state index in [-0.39, 0.29) is 30.7 Å². The number of anilines is 1. The number of hydrogen-bond donors (Lipinski definition) is 1. The zero-order valence-electron chi connectivity index (χ0n) is 18.8. The van der Waals surface area contributed by atoms with E-state index >= 15 is 0 Å². The number of nitrogens with one attached hydrogen (secondary N) is 1. The van der Waals surface area contributed by atoms with E-state index in [2.05, 4.69) is 20.7 Å². The number of ether oxygens (including phenoxy) is 2. The highest BCUT2D eigenvalue weighted by atomic mass is 16.5. The molecule has 1 aromatic heterocycles. The van der Waals surface area contributed by atoms with Crippen LogP contribution in [0.1, 0.15) is 15.9 Å². The van der Waals surface area contributed by atoms with Gasteiger partial charge in [-0.2, -0.15) is 4.80 Å². The van der Waals surface area contributed by atoms with Gasteiger partial charge in [-0.3, -0.25) is 9.59 Å². The number of amides is 1. The Hall–Kier alpha value is -4.53. The largest absolute Gasteiger partial charge is 0.497 e. The summed E-state index contributed by atoms with van der Waals surface area (Å²) in [6.45, 7) is 1.76. The third-order valence-electron chi connectivity index (χ3n) is 4.98. The summed E-state index contributed by atoms with van der Waals surface area (Å²) >= 11 is 0.